The number of aryl methyl sites for hydroxylation is 1. The average molecular weight is 471 g/mol. The molecule has 3 N–H and O–H groups in total. The second kappa shape index (κ2) is 12.9. The SMILES string of the molecule is CCc1cc(OCCCCCOc2ccc(C(=O)N(C(C)C)C(C)C)c(O)c2)ccc1C(N)=O. The minimum Gasteiger partial charge on any atom is -0.507 e. The fourth-order valence-corrected chi connectivity index (χ4v) is 3.94. The van der Waals surface area contributed by atoms with Crippen molar-refractivity contribution in [3.05, 3.63) is 53.1 Å². The van der Waals surface area contributed by atoms with E-state index in [9.17, 15) is 14.7 Å². The molecule has 0 aromatic heterocycles. The number of hydrogen-bond acceptors (Lipinski definition) is 5. The lowest BCUT2D eigenvalue weighted by Crippen LogP contribution is -2.42. The predicted molar refractivity (Wildman–Crippen MR) is 134 cm³/mol. The van der Waals surface area contributed by atoms with Crippen molar-refractivity contribution in [1.82, 2.24) is 4.90 Å². The summed E-state index contributed by atoms with van der Waals surface area (Å²) in [6, 6.07) is 10.3. The van der Waals surface area contributed by atoms with Crippen LogP contribution < -0.4 is 15.2 Å². The Morgan fingerprint density at radius 3 is 1.88 bits per heavy atom. The van der Waals surface area contributed by atoms with E-state index in [1.54, 1.807) is 29.2 Å². The number of nitrogens with zero attached hydrogens (tertiary/aromatic N) is 1. The molecule has 0 aliphatic rings. The normalized spacial score (nSPS) is 11.0. The zero-order chi connectivity index (χ0) is 25.3. The van der Waals surface area contributed by atoms with Gasteiger partial charge in [0.2, 0.25) is 5.91 Å². The monoisotopic (exact) mass is 470 g/mol. The Morgan fingerprint density at radius 1 is 0.882 bits per heavy atom. The molecule has 0 atom stereocenters. The second-order valence-electron chi connectivity index (χ2n) is 8.87. The number of phenolic OH excluding ortho intramolecular Hbond substituents is 1. The highest BCUT2D eigenvalue weighted by Crippen LogP contribution is 2.26. The maximum atomic E-state index is 12.8. The van der Waals surface area contributed by atoms with Crippen molar-refractivity contribution >= 4 is 11.8 Å². The van der Waals surface area contributed by atoms with Crippen LogP contribution in [0.5, 0.6) is 17.2 Å². The summed E-state index contributed by atoms with van der Waals surface area (Å²) >= 11 is 0. The average Bonchev–Trinajstić information content (AvgIpc) is 2.77. The Labute approximate surface area is 202 Å². The molecular weight excluding hydrogens is 432 g/mol. The van der Waals surface area contributed by atoms with Crippen molar-refractivity contribution in [2.45, 2.75) is 72.4 Å². The minimum atomic E-state index is -0.425. The van der Waals surface area contributed by atoms with E-state index in [2.05, 4.69) is 0 Å². The smallest absolute Gasteiger partial charge is 0.258 e. The van der Waals surface area contributed by atoms with Crippen LogP contribution in [0.15, 0.2) is 36.4 Å². The number of aromatic hydroxyl groups is 1. The molecule has 34 heavy (non-hydrogen) atoms. The molecule has 0 radical (unpaired) electrons. The van der Waals surface area contributed by atoms with E-state index in [-0.39, 0.29) is 29.3 Å². The molecule has 0 saturated heterocycles. The summed E-state index contributed by atoms with van der Waals surface area (Å²) < 4.78 is 11.5. The van der Waals surface area contributed by atoms with Crippen molar-refractivity contribution in [3.63, 3.8) is 0 Å². The Kier molecular flexibility index (Phi) is 10.2. The number of rotatable bonds is 13. The first-order valence-electron chi connectivity index (χ1n) is 12.0. The lowest BCUT2D eigenvalue weighted by molar-refractivity contribution is 0.0640. The van der Waals surface area contributed by atoms with Crippen LogP contribution >= 0.6 is 0 Å². The lowest BCUT2D eigenvalue weighted by Gasteiger charge is -2.31. The van der Waals surface area contributed by atoms with Gasteiger partial charge in [-0.15, -0.1) is 0 Å². The molecule has 0 spiro atoms. The maximum absolute atomic E-state index is 12.8. The number of carbonyl (C=O) groups is 2. The fourth-order valence-electron chi connectivity index (χ4n) is 3.94. The van der Waals surface area contributed by atoms with E-state index >= 15 is 0 Å². The first-order valence-corrected chi connectivity index (χ1v) is 12.0. The zero-order valence-electron chi connectivity index (χ0n) is 21.0. The number of amides is 2. The van der Waals surface area contributed by atoms with E-state index in [0.29, 0.717) is 30.9 Å². The van der Waals surface area contributed by atoms with Gasteiger partial charge in [0.1, 0.15) is 17.2 Å². The first kappa shape index (κ1) is 27.0. The molecule has 0 saturated carbocycles. The molecule has 2 aromatic carbocycles. The number of primary amides is 1. The van der Waals surface area contributed by atoms with Gasteiger partial charge in [-0.25, -0.2) is 0 Å². The van der Waals surface area contributed by atoms with E-state index in [1.165, 1.54) is 6.07 Å². The van der Waals surface area contributed by atoms with Gasteiger partial charge >= 0.3 is 0 Å². The van der Waals surface area contributed by atoms with E-state index in [0.717, 1.165) is 30.6 Å². The van der Waals surface area contributed by atoms with Gasteiger partial charge in [-0.05, 0) is 89.3 Å². The van der Waals surface area contributed by atoms with Crippen molar-refractivity contribution in [3.8, 4) is 17.2 Å². The third-order valence-corrected chi connectivity index (χ3v) is 5.60. The van der Waals surface area contributed by atoms with Gasteiger partial charge in [0.05, 0.1) is 18.8 Å². The van der Waals surface area contributed by atoms with E-state index in [4.69, 9.17) is 15.2 Å². The molecule has 7 heteroatoms. The Balaban J connectivity index is 1.76. The Bertz CT molecular complexity index is 963. The highest BCUT2D eigenvalue weighted by molar-refractivity contribution is 5.97. The number of phenols is 1. The topological polar surface area (TPSA) is 102 Å². The maximum Gasteiger partial charge on any atom is 0.258 e. The molecule has 0 aliphatic heterocycles. The summed E-state index contributed by atoms with van der Waals surface area (Å²) in [4.78, 5) is 26.0. The molecule has 0 heterocycles. The van der Waals surface area contributed by atoms with Crippen LogP contribution in [0.3, 0.4) is 0 Å². The number of unbranched alkanes of at least 4 members (excludes halogenated alkanes) is 2. The predicted octanol–water partition coefficient (Wildman–Crippen LogP) is 4.94. The molecule has 2 amide bonds. The highest BCUT2D eigenvalue weighted by Gasteiger charge is 2.24. The minimum absolute atomic E-state index is 0.0370. The molecule has 2 rings (SSSR count). The molecular formula is C27H38N2O5. The van der Waals surface area contributed by atoms with Gasteiger partial charge in [0.15, 0.2) is 0 Å². The lowest BCUT2D eigenvalue weighted by atomic mass is 10.0. The standard InChI is InChI=1S/C27H38N2O5/c1-6-20-16-21(10-12-23(20)26(28)31)33-14-8-7-9-15-34-22-11-13-24(25(30)17-22)27(32)29(18(2)3)19(4)5/h10-13,16-19,30H,6-9,14-15H2,1-5H3,(H2,28,31). The van der Waals surface area contributed by atoms with Crippen LogP contribution in [-0.4, -0.2) is 47.1 Å². The van der Waals surface area contributed by atoms with Crippen molar-refractivity contribution in [2.24, 2.45) is 5.73 Å². The van der Waals surface area contributed by atoms with Crippen LogP contribution in [0.25, 0.3) is 0 Å². The summed E-state index contributed by atoms with van der Waals surface area (Å²) in [5.74, 6) is 0.579. The van der Waals surface area contributed by atoms with Gasteiger partial charge in [-0.3, -0.25) is 9.59 Å². The van der Waals surface area contributed by atoms with Crippen LogP contribution in [0.2, 0.25) is 0 Å². The summed E-state index contributed by atoms with van der Waals surface area (Å²) in [6.45, 7) is 10.9. The van der Waals surface area contributed by atoms with Gasteiger partial charge in [-0.2, -0.15) is 0 Å². The van der Waals surface area contributed by atoms with E-state index in [1.807, 2.05) is 40.7 Å². The number of nitrogens with two attached hydrogens (primary N) is 1. The zero-order valence-corrected chi connectivity index (χ0v) is 21.0. The van der Waals surface area contributed by atoms with Gasteiger partial charge < -0.3 is 25.2 Å². The van der Waals surface area contributed by atoms with Crippen molar-refractivity contribution < 1.29 is 24.2 Å². The van der Waals surface area contributed by atoms with Crippen LogP contribution in [0, 0.1) is 0 Å². The third kappa shape index (κ3) is 7.40. The fraction of sp³-hybridized carbons (Fsp3) is 0.481. The van der Waals surface area contributed by atoms with Crippen LogP contribution in [0.1, 0.15) is 80.2 Å². The van der Waals surface area contributed by atoms with Crippen LogP contribution in [-0.2, 0) is 6.42 Å². The highest BCUT2D eigenvalue weighted by atomic mass is 16.5. The summed E-state index contributed by atoms with van der Waals surface area (Å²) in [5, 5.41) is 10.4. The van der Waals surface area contributed by atoms with Gasteiger partial charge in [0, 0.05) is 23.7 Å². The quantitative estimate of drug-likeness (QED) is 0.404. The first-order chi connectivity index (χ1) is 16.1. The van der Waals surface area contributed by atoms with Crippen LogP contribution in [0.4, 0.5) is 0 Å². The summed E-state index contributed by atoms with van der Waals surface area (Å²) in [5.41, 5.74) is 7.09. The second-order valence-corrected chi connectivity index (χ2v) is 8.87. The molecule has 0 aliphatic carbocycles. The Morgan fingerprint density at radius 2 is 1.41 bits per heavy atom. The van der Waals surface area contributed by atoms with Gasteiger partial charge in [-0.1, -0.05) is 6.92 Å². The van der Waals surface area contributed by atoms with Crippen molar-refractivity contribution in [1.29, 1.82) is 0 Å². The third-order valence-electron chi connectivity index (χ3n) is 5.60. The Hall–Kier alpha value is -3.22. The van der Waals surface area contributed by atoms with E-state index < -0.39 is 5.91 Å². The number of hydrogen-bond donors (Lipinski definition) is 2. The number of benzene rings is 2. The molecule has 0 fully saturated rings. The largest absolute Gasteiger partial charge is 0.507 e. The van der Waals surface area contributed by atoms with Crippen molar-refractivity contribution in [2.75, 3.05) is 13.2 Å². The number of ether oxygens (including phenoxy) is 2. The molecule has 0 bridgehead atoms. The van der Waals surface area contributed by atoms with Gasteiger partial charge in [0.25, 0.3) is 5.91 Å². The molecule has 0 unspecified atom stereocenters. The number of carbonyl (C=O) groups excluding carboxylic acids is 2. The molecule has 7 nitrogen and oxygen atoms in total. The molecule has 186 valence electrons. The summed E-state index contributed by atoms with van der Waals surface area (Å²) in [6.07, 6.45) is 3.33. The molecule has 2 aromatic rings. The summed E-state index contributed by atoms with van der Waals surface area (Å²) in [7, 11) is 0.